The molecule has 1 amide bonds. The van der Waals surface area contributed by atoms with Crippen LogP contribution in [0.2, 0.25) is 0 Å². The van der Waals surface area contributed by atoms with Gasteiger partial charge in [0.2, 0.25) is 5.75 Å². The summed E-state index contributed by atoms with van der Waals surface area (Å²) < 4.78 is 18.2. The zero-order chi connectivity index (χ0) is 20.1. The Labute approximate surface area is 166 Å². The number of carbonyl (C=O) groups excluding carboxylic acids is 1. The zero-order valence-electron chi connectivity index (χ0n) is 17.0. The monoisotopic (exact) mass is 387 g/mol. The number of carbonyl (C=O) groups is 1. The Bertz CT molecular complexity index is 787. The van der Waals surface area contributed by atoms with Crippen molar-refractivity contribution < 1.29 is 19.0 Å². The second kappa shape index (κ2) is 9.01. The quantitative estimate of drug-likeness (QED) is 0.754. The van der Waals surface area contributed by atoms with Gasteiger partial charge in [0.15, 0.2) is 11.5 Å². The van der Waals surface area contributed by atoms with Crippen LogP contribution < -0.4 is 19.5 Å². The molecule has 2 heterocycles. The lowest BCUT2D eigenvalue weighted by Crippen LogP contribution is -2.37. The lowest BCUT2D eigenvalue weighted by atomic mass is 10.1. The van der Waals surface area contributed by atoms with Crippen molar-refractivity contribution in [2.24, 2.45) is 7.05 Å². The van der Waals surface area contributed by atoms with E-state index in [1.165, 1.54) is 32.8 Å². The van der Waals surface area contributed by atoms with Crippen LogP contribution in [-0.4, -0.2) is 56.3 Å². The summed E-state index contributed by atoms with van der Waals surface area (Å²) in [6, 6.07) is 7.65. The van der Waals surface area contributed by atoms with E-state index in [9.17, 15) is 4.79 Å². The molecule has 0 saturated carbocycles. The van der Waals surface area contributed by atoms with Crippen molar-refractivity contribution in [3.8, 4) is 17.2 Å². The molecule has 7 heteroatoms. The third kappa shape index (κ3) is 4.09. The van der Waals surface area contributed by atoms with Crippen LogP contribution in [-0.2, 0) is 7.05 Å². The van der Waals surface area contributed by atoms with E-state index < -0.39 is 0 Å². The predicted octanol–water partition coefficient (Wildman–Crippen LogP) is 2.62. The highest BCUT2D eigenvalue weighted by Gasteiger charge is 2.26. The number of likely N-dealkylation sites (tertiary alicyclic amines) is 1. The smallest absolute Gasteiger partial charge is 0.251 e. The minimum Gasteiger partial charge on any atom is -0.493 e. The number of benzene rings is 1. The molecule has 1 atom stereocenters. The molecule has 1 aliphatic heterocycles. The first kappa shape index (κ1) is 20.1. The van der Waals surface area contributed by atoms with E-state index in [-0.39, 0.29) is 11.9 Å². The van der Waals surface area contributed by atoms with Gasteiger partial charge in [0.25, 0.3) is 5.91 Å². The van der Waals surface area contributed by atoms with Crippen LogP contribution in [0.1, 0.15) is 34.9 Å². The van der Waals surface area contributed by atoms with Crippen molar-refractivity contribution in [1.82, 2.24) is 14.8 Å². The fraction of sp³-hybridized carbons (Fsp3) is 0.476. The van der Waals surface area contributed by atoms with Crippen LogP contribution in [0, 0.1) is 0 Å². The molecule has 0 spiro atoms. The van der Waals surface area contributed by atoms with E-state index in [0.717, 1.165) is 13.1 Å². The Balaban J connectivity index is 1.78. The highest BCUT2D eigenvalue weighted by molar-refractivity contribution is 5.95. The van der Waals surface area contributed by atoms with Gasteiger partial charge in [-0.2, -0.15) is 0 Å². The van der Waals surface area contributed by atoms with Gasteiger partial charge in [-0.25, -0.2) is 0 Å². The first-order valence-electron chi connectivity index (χ1n) is 9.52. The Hall–Kier alpha value is -2.67. The molecular weight excluding hydrogens is 358 g/mol. The predicted molar refractivity (Wildman–Crippen MR) is 107 cm³/mol. The molecule has 0 unspecified atom stereocenters. The summed E-state index contributed by atoms with van der Waals surface area (Å²) in [5.41, 5.74) is 1.67. The van der Waals surface area contributed by atoms with Crippen molar-refractivity contribution in [3.63, 3.8) is 0 Å². The standard InChI is InChI=1S/C21H29N3O4/c1-23-9-7-8-16(23)17(24-10-5-6-11-24)14-22-21(25)15-12-18(26-2)20(28-4)19(13-15)27-3/h7-9,12-13,17H,5-6,10-11,14H2,1-4H3,(H,22,25)/t17-/m1/s1. The first-order chi connectivity index (χ1) is 13.6. The van der Waals surface area contributed by atoms with Gasteiger partial charge in [-0.1, -0.05) is 0 Å². The number of rotatable bonds is 8. The minimum atomic E-state index is -0.169. The molecule has 3 rings (SSSR count). The van der Waals surface area contributed by atoms with Gasteiger partial charge in [-0.3, -0.25) is 9.69 Å². The Kier molecular flexibility index (Phi) is 6.46. The van der Waals surface area contributed by atoms with E-state index in [0.29, 0.717) is 29.4 Å². The molecule has 1 aromatic heterocycles. The Morgan fingerprint density at radius 3 is 2.25 bits per heavy atom. The van der Waals surface area contributed by atoms with Crippen molar-refractivity contribution >= 4 is 5.91 Å². The maximum absolute atomic E-state index is 12.9. The van der Waals surface area contributed by atoms with E-state index in [1.54, 1.807) is 19.2 Å². The van der Waals surface area contributed by atoms with Crippen LogP contribution in [0.5, 0.6) is 17.2 Å². The van der Waals surface area contributed by atoms with Gasteiger partial charge in [-0.05, 0) is 50.2 Å². The molecule has 0 bridgehead atoms. The van der Waals surface area contributed by atoms with Crippen molar-refractivity contribution in [2.75, 3.05) is 41.0 Å². The van der Waals surface area contributed by atoms with Gasteiger partial charge >= 0.3 is 0 Å². The van der Waals surface area contributed by atoms with Gasteiger partial charge in [0.05, 0.1) is 27.4 Å². The highest BCUT2D eigenvalue weighted by atomic mass is 16.5. The summed E-state index contributed by atoms with van der Waals surface area (Å²) in [7, 11) is 6.66. The number of nitrogens with zero attached hydrogens (tertiary/aromatic N) is 2. The molecule has 1 aromatic carbocycles. The fourth-order valence-electron chi connectivity index (χ4n) is 3.80. The highest BCUT2D eigenvalue weighted by Crippen LogP contribution is 2.38. The second-order valence-electron chi connectivity index (χ2n) is 6.93. The average Bonchev–Trinajstić information content (AvgIpc) is 3.39. The third-order valence-corrected chi connectivity index (χ3v) is 5.29. The Morgan fingerprint density at radius 1 is 1.11 bits per heavy atom. The van der Waals surface area contributed by atoms with E-state index in [4.69, 9.17) is 14.2 Å². The summed E-state index contributed by atoms with van der Waals surface area (Å²) in [6.07, 6.45) is 4.43. The number of hydrogen-bond acceptors (Lipinski definition) is 5. The van der Waals surface area contributed by atoms with E-state index in [2.05, 4.69) is 20.9 Å². The lowest BCUT2D eigenvalue weighted by molar-refractivity contribution is 0.0936. The number of aryl methyl sites for hydroxylation is 1. The average molecular weight is 387 g/mol. The summed E-state index contributed by atoms with van der Waals surface area (Å²) in [4.78, 5) is 15.3. The molecule has 1 saturated heterocycles. The van der Waals surface area contributed by atoms with E-state index in [1.807, 2.05) is 19.3 Å². The van der Waals surface area contributed by atoms with E-state index >= 15 is 0 Å². The molecule has 0 aliphatic carbocycles. The van der Waals surface area contributed by atoms with Gasteiger partial charge < -0.3 is 24.1 Å². The van der Waals surface area contributed by atoms with Crippen LogP contribution in [0.25, 0.3) is 0 Å². The summed E-state index contributed by atoms with van der Waals surface area (Å²) >= 11 is 0. The summed E-state index contributed by atoms with van der Waals surface area (Å²) in [5, 5.41) is 3.09. The first-order valence-corrected chi connectivity index (χ1v) is 9.52. The van der Waals surface area contributed by atoms with Crippen LogP contribution in [0.15, 0.2) is 30.5 Å². The normalized spacial score (nSPS) is 15.3. The molecule has 152 valence electrons. The molecule has 1 aliphatic rings. The molecule has 1 fully saturated rings. The number of hydrogen-bond donors (Lipinski definition) is 1. The molecule has 28 heavy (non-hydrogen) atoms. The third-order valence-electron chi connectivity index (χ3n) is 5.29. The fourth-order valence-corrected chi connectivity index (χ4v) is 3.80. The Morgan fingerprint density at radius 2 is 1.75 bits per heavy atom. The molecule has 1 N–H and O–H groups in total. The van der Waals surface area contributed by atoms with Crippen LogP contribution >= 0.6 is 0 Å². The number of aromatic nitrogens is 1. The topological polar surface area (TPSA) is 65.0 Å². The number of nitrogens with one attached hydrogen (secondary N) is 1. The van der Waals surface area contributed by atoms with Gasteiger partial charge in [0, 0.05) is 31.0 Å². The zero-order valence-corrected chi connectivity index (χ0v) is 17.0. The maximum atomic E-state index is 12.9. The molecule has 0 radical (unpaired) electrons. The van der Waals surface area contributed by atoms with Crippen molar-refractivity contribution in [3.05, 3.63) is 41.7 Å². The minimum absolute atomic E-state index is 0.147. The second-order valence-corrected chi connectivity index (χ2v) is 6.93. The van der Waals surface area contributed by atoms with Gasteiger partial charge in [0.1, 0.15) is 0 Å². The molecule has 2 aromatic rings. The lowest BCUT2D eigenvalue weighted by Gasteiger charge is -2.28. The maximum Gasteiger partial charge on any atom is 0.251 e. The largest absolute Gasteiger partial charge is 0.493 e. The number of amides is 1. The van der Waals surface area contributed by atoms with Crippen LogP contribution in [0.4, 0.5) is 0 Å². The van der Waals surface area contributed by atoms with Crippen molar-refractivity contribution in [1.29, 1.82) is 0 Å². The summed E-state index contributed by atoms with van der Waals surface area (Å²) in [5.74, 6) is 1.23. The number of ether oxygens (including phenoxy) is 3. The summed E-state index contributed by atoms with van der Waals surface area (Å²) in [6.45, 7) is 2.64. The number of methoxy groups -OCH3 is 3. The molecule has 7 nitrogen and oxygen atoms in total. The van der Waals surface area contributed by atoms with Crippen molar-refractivity contribution in [2.45, 2.75) is 18.9 Å². The van der Waals surface area contributed by atoms with Crippen LogP contribution in [0.3, 0.4) is 0 Å². The molecular formula is C21H29N3O4. The SMILES string of the molecule is COc1cc(C(=O)NC[C@H](c2cccn2C)N2CCCC2)cc(OC)c1OC. The van der Waals surface area contributed by atoms with Gasteiger partial charge in [-0.15, -0.1) is 0 Å².